The second-order valence-electron chi connectivity index (χ2n) is 21.7. The van der Waals surface area contributed by atoms with E-state index >= 15 is 0 Å². The van der Waals surface area contributed by atoms with E-state index in [1.165, 1.54) is 129 Å². The lowest BCUT2D eigenvalue weighted by Gasteiger charge is -2.42. The molecule has 0 radical (unpaired) electrons. The summed E-state index contributed by atoms with van der Waals surface area (Å²) in [5, 5.41) is 9.87. The third kappa shape index (κ3) is 32.4. The van der Waals surface area contributed by atoms with Crippen molar-refractivity contribution in [3.63, 3.8) is 0 Å². The monoisotopic (exact) mass is 894 g/mol. The quantitative estimate of drug-likeness (QED) is 0.0285. The Morgan fingerprint density at radius 3 is 1.34 bits per heavy atom. The van der Waals surface area contributed by atoms with Crippen LogP contribution in [0.4, 0.5) is 4.79 Å². The molecule has 0 bridgehead atoms. The average Bonchev–Trinajstić information content (AvgIpc) is 3.16. The smallest absolute Gasteiger partial charge is 0.450 e. The van der Waals surface area contributed by atoms with Crippen LogP contribution in [0, 0.1) is 0 Å². The molecule has 0 aliphatic carbocycles. The van der Waals surface area contributed by atoms with Gasteiger partial charge >= 0.3 is 6.16 Å². The van der Waals surface area contributed by atoms with Crippen molar-refractivity contribution >= 4 is 22.8 Å². The first kappa shape index (κ1) is 60.1. The summed E-state index contributed by atoms with van der Waals surface area (Å²) in [7, 11) is 0.692. The molecule has 0 aromatic carbocycles. The zero-order valence-corrected chi connectivity index (χ0v) is 45.3. The summed E-state index contributed by atoms with van der Waals surface area (Å²) >= 11 is 0. The zero-order valence-electron chi connectivity index (χ0n) is 43.3. The van der Waals surface area contributed by atoms with E-state index in [9.17, 15) is 9.90 Å². The van der Waals surface area contributed by atoms with Gasteiger partial charge in [0.25, 0.3) is 0 Å². The van der Waals surface area contributed by atoms with Gasteiger partial charge in [-0.3, -0.25) is 0 Å². The molecule has 1 unspecified atom stereocenters. The number of nitrogens with zero attached hydrogens (tertiary/aromatic N) is 1. The number of hydrogen-bond donors (Lipinski definition) is 1. The van der Waals surface area contributed by atoms with Crippen LogP contribution in [0.3, 0.4) is 0 Å². The molecule has 0 amide bonds. The normalized spacial score (nSPS) is 14.7. The summed E-state index contributed by atoms with van der Waals surface area (Å²) in [6.45, 7) is 27.3. The van der Waals surface area contributed by atoms with Crippen molar-refractivity contribution in [2.24, 2.45) is 0 Å². The molecule has 0 saturated heterocycles. The van der Waals surface area contributed by atoms with Gasteiger partial charge < -0.3 is 23.6 Å². The van der Waals surface area contributed by atoms with Gasteiger partial charge in [-0.2, -0.15) is 0 Å². The Balaban J connectivity index is 4.49. The molecule has 3 atom stereocenters. The molecule has 0 aromatic rings. The number of allylic oxidation sites excluding steroid dienone is 2. The Kier molecular flexibility index (Phi) is 34.8. The van der Waals surface area contributed by atoms with Gasteiger partial charge in [-0.15, -0.1) is 0 Å². The Bertz CT molecular complexity index is 1100. The van der Waals surface area contributed by atoms with E-state index in [0.717, 1.165) is 64.2 Å². The van der Waals surface area contributed by atoms with Crippen LogP contribution in [0.1, 0.15) is 235 Å². The van der Waals surface area contributed by atoms with E-state index in [1.54, 1.807) is 0 Å². The fourth-order valence-corrected chi connectivity index (χ4v) is 11.5. The molecule has 61 heavy (non-hydrogen) atoms. The SMILES string of the molecule is CCCCCC[C@H](C/C=C\CCCCCCCC(CCCCCCC/C=C\C[C@@H](CCCCCC)O[Si](C)(C)C(C)(C)CCCCN(C)C)OC(=O)O)O[Si](C)(C)C(C)(C)C. The first-order chi connectivity index (χ1) is 28.8. The highest BCUT2D eigenvalue weighted by molar-refractivity contribution is 6.74. The maximum atomic E-state index is 11.4. The van der Waals surface area contributed by atoms with Crippen molar-refractivity contribution < 1.29 is 23.5 Å². The zero-order chi connectivity index (χ0) is 46.0. The molecule has 0 aliphatic heterocycles. The van der Waals surface area contributed by atoms with Crippen LogP contribution in [-0.4, -0.2) is 71.7 Å². The number of unbranched alkanes of at least 4 members (excludes halogenated alkanes) is 17. The van der Waals surface area contributed by atoms with Crippen LogP contribution in [0.2, 0.25) is 36.3 Å². The molecule has 8 heteroatoms. The number of hydrogen-bond acceptors (Lipinski definition) is 5. The lowest BCUT2D eigenvalue weighted by atomic mass is 10.0. The topological polar surface area (TPSA) is 68.2 Å². The molecule has 362 valence electrons. The van der Waals surface area contributed by atoms with Crippen molar-refractivity contribution in [3.8, 4) is 0 Å². The minimum Gasteiger partial charge on any atom is -0.450 e. The number of carbonyl (C=O) groups is 1. The standard InChI is InChI=1S/C53H107NO5Si2/c1-14-16-18-32-42-49(58-60(10,11)52(3,4)5)44-36-30-26-22-20-24-28-34-40-48(57-51(55)56)41-35-29-25-21-23-27-31-37-45-50(43-33-19-17-15-2)59-61(12,13)53(6,7)46-38-39-47-54(8)9/h30-31,36-37,48-50H,14-29,32-35,38-47H2,1-13H3,(H,55,56)/b36-30-,37-31-/t48?,49-,50-/m1/s1. The Hall–Kier alpha value is -0.936. The number of ether oxygens (including phenoxy) is 1. The van der Waals surface area contributed by atoms with Crippen LogP contribution in [0.25, 0.3) is 0 Å². The van der Waals surface area contributed by atoms with E-state index in [0.29, 0.717) is 12.2 Å². The Labute approximate surface area is 383 Å². The van der Waals surface area contributed by atoms with E-state index in [-0.39, 0.29) is 16.2 Å². The lowest BCUT2D eigenvalue weighted by molar-refractivity contribution is 0.0422. The molecule has 0 rings (SSSR count). The largest absolute Gasteiger partial charge is 0.506 e. The first-order valence-electron chi connectivity index (χ1n) is 26.0. The van der Waals surface area contributed by atoms with Crippen molar-refractivity contribution in [1.82, 2.24) is 4.90 Å². The van der Waals surface area contributed by atoms with Crippen molar-refractivity contribution in [1.29, 1.82) is 0 Å². The summed E-state index contributed by atoms with van der Waals surface area (Å²) in [6.07, 6.45) is 43.2. The predicted molar refractivity (Wildman–Crippen MR) is 273 cm³/mol. The Morgan fingerprint density at radius 2 is 0.934 bits per heavy atom. The molecule has 0 spiro atoms. The van der Waals surface area contributed by atoms with E-state index in [2.05, 4.69) is 118 Å². The summed E-state index contributed by atoms with van der Waals surface area (Å²) in [5.74, 6) is 0. The second-order valence-corrected chi connectivity index (χ2v) is 31.1. The highest BCUT2D eigenvalue weighted by Crippen LogP contribution is 2.44. The highest BCUT2D eigenvalue weighted by atomic mass is 28.4. The fraction of sp³-hybridized carbons (Fsp3) is 0.906. The molecule has 0 saturated carbocycles. The van der Waals surface area contributed by atoms with Crippen LogP contribution < -0.4 is 0 Å². The van der Waals surface area contributed by atoms with Gasteiger partial charge in [-0.25, -0.2) is 4.79 Å². The third-order valence-electron chi connectivity index (χ3n) is 14.0. The van der Waals surface area contributed by atoms with Gasteiger partial charge in [0.1, 0.15) is 6.10 Å². The molecule has 1 N–H and O–H groups in total. The van der Waals surface area contributed by atoms with Gasteiger partial charge in [-0.1, -0.05) is 169 Å². The fourth-order valence-electron chi connectivity index (χ4n) is 7.98. The summed E-state index contributed by atoms with van der Waals surface area (Å²) in [4.78, 5) is 13.7. The number of carboxylic acid groups (broad SMARTS) is 1. The van der Waals surface area contributed by atoms with Crippen molar-refractivity contribution in [2.45, 2.75) is 289 Å². The van der Waals surface area contributed by atoms with Crippen LogP contribution in [0.5, 0.6) is 0 Å². The van der Waals surface area contributed by atoms with Gasteiger partial charge in [0.15, 0.2) is 16.6 Å². The maximum absolute atomic E-state index is 11.4. The van der Waals surface area contributed by atoms with Crippen LogP contribution in [0.15, 0.2) is 24.3 Å². The molecular weight excluding hydrogens is 787 g/mol. The van der Waals surface area contributed by atoms with Crippen molar-refractivity contribution in [3.05, 3.63) is 24.3 Å². The third-order valence-corrected chi connectivity index (χ3v) is 22.9. The first-order valence-corrected chi connectivity index (χ1v) is 31.8. The van der Waals surface area contributed by atoms with Gasteiger partial charge in [-0.05, 0) is 147 Å². The van der Waals surface area contributed by atoms with Gasteiger partial charge in [0.05, 0.1) is 0 Å². The predicted octanol–water partition coefficient (Wildman–Crippen LogP) is 17.8. The van der Waals surface area contributed by atoms with Crippen molar-refractivity contribution in [2.75, 3.05) is 20.6 Å². The Morgan fingerprint density at radius 1 is 0.541 bits per heavy atom. The summed E-state index contributed by atoms with van der Waals surface area (Å²) < 4.78 is 19.2. The second kappa shape index (κ2) is 35.3. The molecule has 0 heterocycles. The molecule has 0 aromatic heterocycles. The van der Waals surface area contributed by atoms with Gasteiger partial charge in [0, 0.05) is 12.2 Å². The van der Waals surface area contributed by atoms with Gasteiger partial charge in [0.2, 0.25) is 0 Å². The molecule has 6 nitrogen and oxygen atoms in total. The lowest BCUT2D eigenvalue weighted by Crippen LogP contribution is -2.45. The van der Waals surface area contributed by atoms with E-state index in [4.69, 9.17) is 13.6 Å². The highest BCUT2D eigenvalue weighted by Gasteiger charge is 2.42. The average molecular weight is 895 g/mol. The number of rotatable bonds is 41. The molecule has 0 aliphatic rings. The van der Waals surface area contributed by atoms with Crippen LogP contribution in [-0.2, 0) is 13.6 Å². The molecular formula is C53H107NO5Si2. The summed E-state index contributed by atoms with van der Waals surface area (Å²) in [5.41, 5.74) is 0. The van der Waals surface area contributed by atoms with E-state index in [1.807, 2.05) is 0 Å². The minimum atomic E-state index is -1.88. The molecule has 0 fully saturated rings. The van der Waals surface area contributed by atoms with Crippen LogP contribution >= 0.6 is 0 Å². The van der Waals surface area contributed by atoms with E-state index < -0.39 is 22.8 Å². The minimum absolute atomic E-state index is 0.161. The summed E-state index contributed by atoms with van der Waals surface area (Å²) in [6, 6.07) is 0. The maximum Gasteiger partial charge on any atom is 0.506 e.